The van der Waals surface area contributed by atoms with Crippen LogP contribution in [0, 0.1) is 5.92 Å². The molecule has 1 atom stereocenters. The Bertz CT molecular complexity index is 1010. The Morgan fingerprint density at radius 2 is 1.97 bits per heavy atom. The molecule has 0 radical (unpaired) electrons. The number of pyridine rings is 1. The van der Waals surface area contributed by atoms with E-state index in [0.29, 0.717) is 38.1 Å². The lowest BCUT2D eigenvalue weighted by Gasteiger charge is -2.38. The number of rotatable bonds is 9. The van der Waals surface area contributed by atoms with Crippen LogP contribution in [0.25, 0.3) is 4.72 Å². The van der Waals surface area contributed by atoms with Crippen LogP contribution in [0.15, 0.2) is 47.6 Å². The molecule has 1 aliphatic heterocycles. The first kappa shape index (κ1) is 24.4. The molecule has 1 aliphatic rings. The number of carbonyl (C=O) groups excluding carboxylic acids is 1. The molecule has 3 rings (SSSR count). The quantitative estimate of drug-likeness (QED) is 0.538. The zero-order chi connectivity index (χ0) is 23.1. The predicted octanol–water partition coefficient (Wildman–Crippen LogP) is 4.02. The number of aromatic nitrogens is 1. The fourth-order valence-electron chi connectivity index (χ4n) is 3.74. The molecule has 1 aromatic carbocycles. The Hall–Kier alpha value is -2.23. The number of hydrogen-bond acceptors (Lipinski definition) is 5. The van der Waals surface area contributed by atoms with E-state index >= 15 is 0 Å². The van der Waals surface area contributed by atoms with E-state index in [-0.39, 0.29) is 34.8 Å². The number of methoxy groups -OCH3 is 1. The van der Waals surface area contributed by atoms with Crippen molar-refractivity contribution in [3.8, 4) is 5.75 Å². The van der Waals surface area contributed by atoms with Crippen LogP contribution in [-0.2, 0) is 21.2 Å². The summed E-state index contributed by atoms with van der Waals surface area (Å²) in [5, 5.41) is -0.00793. The van der Waals surface area contributed by atoms with Crippen molar-refractivity contribution in [1.82, 2.24) is 9.88 Å². The van der Waals surface area contributed by atoms with Crippen molar-refractivity contribution in [2.75, 3.05) is 26.9 Å². The first-order chi connectivity index (χ1) is 15.3. The van der Waals surface area contributed by atoms with Crippen molar-refractivity contribution < 1.29 is 22.3 Å². The molecule has 1 fully saturated rings. The molecule has 0 unspecified atom stereocenters. The molecule has 0 saturated carbocycles. The van der Waals surface area contributed by atoms with E-state index in [9.17, 15) is 17.6 Å². The van der Waals surface area contributed by atoms with Gasteiger partial charge < -0.3 is 14.4 Å². The van der Waals surface area contributed by atoms with Gasteiger partial charge in [0.15, 0.2) is 0 Å². The normalized spacial score (nSPS) is 16.0. The number of ether oxygens (including phenoxy) is 1. The Morgan fingerprint density at radius 1 is 1.28 bits per heavy atom. The molecule has 1 aromatic heterocycles. The largest absolute Gasteiger partial charge is 0.534 e. The van der Waals surface area contributed by atoms with Crippen LogP contribution in [0.2, 0.25) is 5.02 Å². The summed E-state index contributed by atoms with van der Waals surface area (Å²) in [6, 6.07) is 7.23. The first-order valence-corrected chi connectivity index (χ1v) is 12.2. The van der Waals surface area contributed by atoms with Gasteiger partial charge in [-0.1, -0.05) is 23.7 Å². The molecule has 0 aliphatic carbocycles. The molecule has 1 amide bonds. The van der Waals surface area contributed by atoms with Gasteiger partial charge in [-0.15, -0.1) is 0 Å². The summed E-state index contributed by atoms with van der Waals surface area (Å²) in [7, 11) is -2.67. The van der Waals surface area contributed by atoms with E-state index in [4.69, 9.17) is 16.3 Å². The maximum Gasteiger partial charge on any atom is 0.205 e. The van der Waals surface area contributed by atoms with Gasteiger partial charge in [0.2, 0.25) is 5.91 Å². The molecule has 7 nitrogen and oxygen atoms in total. The summed E-state index contributed by atoms with van der Waals surface area (Å²) >= 11 is 6.04. The average molecular weight is 483 g/mol. The van der Waals surface area contributed by atoms with Crippen molar-refractivity contribution in [1.29, 1.82) is 0 Å². The molecule has 0 spiro atoms. The fraction of sp³-hybridized carbons (Fsp3) is 0.455. The third-order valence-electron chi connectivity index (χ3n) is 5.59. The summed E-state index contributed by atoms with van der Waals surface area (Å²) in [6.45, 7) is 0.524. The molecule has 0 N–H and O–H groups in total. The fourth-order valence-corrected chi connectivity index (χ4v) is 5.26. The highest BCUT2D eigenvalue weighted by Gasteiger charge is 2.26. The Kier molecular flexibility index (Phi) is 8.44. The van der Waals surface area contributed by atoms with Gasteiger partial charge in [0.25, 0.3) is 0 Å². The second kappa shape index (κ2) is 11.1. The number of piperidine rings is 1. The summed E-state index contributed by atoms with van der Waals surface area (Å²) < 4.78 is 47.7. The smallest absolute Gasteiger partial charge is 0.205 e. The van der Waals surface area contributed by atoms with Crippen molar-refractivity contribution in [3.63, 3.8) is 0 Å². The average Bonchev–Trinajstić information content (AvgIpc) is 2.79. The van der Waals surface area contributed by atoms with Crippen LogP contribution in [0.5, 0.6) is 5.75 Å². The van der Waals surface area contributed by atoms with Gasteiger partial charge in [-0.05, 0) is 61.4 Å². The lowest BCUT2D eigenvalue weighted by atomic mass is 9.93. The van der Waals surface area contributed by atoms with Crippen LogP contribution < -0.4 is 4.74 Å². The Morgan fingerprint density at radius 3 is 2.56 bits per heavy atom. The number of hydrogen-bond donors (Lipinski definition) is 0. The molecule has 1 saturated heterocycles. The third kappa shape index (κ3) is 6.17. The minimum atomic E-state index is -4.22. The maximum absolute atomic E-state index is 13.3. The second-order valence-corrected chi connectivity index (χ2v) is 9.71. The number of carbonyl (C=O) groups is 1. The van der Waals surface area contributed by atoms with E-state index in [0.717, 1.165) is 11.8 Å². The van der Waals surface area contributed by atoms with E-state index < -0.39 is 16.1 Å². The number of sulfonamides is 1. The van der Waals surface area contributed by atoms with Crippen molar-refractivity contribution in [3.05, 3.63) is 58.0 Å². The first-order valence-electron chi connectivity index (χ1n) is 10.4. The Labute approximate surface area is 193 Å². The van der Waals surface area contributed by atoms with Crippen molar-refractivity contribution in [2.24, 2.45) is 5.92 Å². The molecule has 2 heterocycles. The lowest BCUT2D eigenvalue weighted by molar-refractivity contribution is -0.133. The van der Waals surface area contributed by atoms with E-state index in [1.807, 2.05) is 0 Å². The van der Waals surface area contributed by atoms with Gasteiger partial charge in [0.1, 0.15) is 15.8 Å². The lowest BCUT2D eigenvalue weighted by Crippen LogP contribution is -2.44. The summed E-state index contributed by atoms with van der Waals surface area (Å²) in [4.78, 5) is 18.5. The number of benzene rings is 1. The van der Waals surface area contributed by atoms with Crippen LogP contribution in [0.3, 0.4) is 0 Å². The van der Waals surface area contributed by atoms with Gasteiger partial charge in [-0.2, -0.15) is 0 Å². The SMILES string of the molecule is COc1ccc(C[C@@H]([N-]S(=O)(=O)c2cnccc2Cl)C(=O)N2CCC(CCF)CC2)cc1. The van der Waals surface area contributed by atoms with Crippen LogP contribution in [0.1, 0.15) is 24.8 Å². The van der Waals surface area contributed by atoms with Gasteiger partial charge in [0.05, 0.1) is 23.7 Å². The predicted molar refractivity (Wildman–Crippen MR) is 120 cm³/mol. The van der Waals surface area contributed by atoms with Crippen LogP contribution in [0.4, 0.5) is 4.39 Å². The van der Waals surface area contributed by atoms with E-state index in [1.54, 1.807) is 36.3 Å². The number of nitrogens with zero attached hydrogens (tertiary/aromatic N) is 3. The van der Waals surface area contributed by atoms with Crippen LogP contribution >= 0.6 is 11.6 Å². The van der Waals surface area contributed by atoms with E-state index in [2.05, 4.69) is 9.71 Å². The minimum Gasteiger partial charge on any atom is -0.534 e. The number of halogens is 2. The zero-order valence-electron chi connectivity index (χ0n) is 17.8. The minimum absolute atomic E-state index is 0.00793. The molecule has 174 valence electrons. The summed E-state index contributed by atoms with van der Waals surface area (Å²) in [5.41, 5.74) is 0.743. The molecule has 32 heavy (non-hydrogen) atoms. The zero-order valence-corrected chi connectivity index (χ0v) is 19.4. The topological polar surface area (TPSA) is 90.7 Å². The highest BCUT2D eigenvalue weighted by atomic mass is 35.5. The number of amides is 1. The summed E-state index contributed by atoms with van der Waals surface area (Å²) in [6.07, 6.45) is 4.46. The van der Waals surface area contributed by atoms with Crippen molar-refractivity contribution in [2.45, 2.75) is 36.6 Å². The Balaban J connectivity index is 1.82. The molecular formula is C22H26ClFN3O4S-. The highest BCUT2D eigenvalue weighted by Crippen LogP contribution is 2.29. The maximum atomic E-state index is 13.3. The van der Waals surface area contributed by atoms with Gasteiger partial charge in [0, 0.05) is 25.5 Å². The number of alkyl halides is 1. The standard InChI is InChI=1S/C22H26ClFN3O4S/c1-31-18-4-2-17(3-5-18)14-20(22(28)27-12-8-16(6-10-24)9-13-27)26-32(29,30)21-15-25-11-7-19(21)23/h2-5,7,11,15-16,20H,6,8-10,12-14H2,1H3/q-1/t20-/m1/s1. The van der Waals surface area contributed by atoms with Gasteiger partial charge >= 0.3 is 0 Å². The molecular weight excluding hydrogens is 457 g/mol. The van der Waals surface area contributed by atoms with Gasteiger partial charge in [-0.25, -0.2) is 8.42 Å². The molecule has 0 bridgehead atoms. The van der Waals surface area contributed by atoms with Crippen LogP contribution in [-0.4, -0.2) is 57.1 Å². The second-order valence-electron chi connectivity index (χ2n) is 7.70. The summed E-state index contributed by atoms with van der Waals surface area (Å²) in [5.74, 6) is 0.514. The van der Waals surface area contributed by atoms with Gasteiger partial charge in [-0.3, -0.25) is 14.2 Å². The third-order valence-corrected chi connectivity index (χ3v) is 7.45. The van der Waals surface area contributed by atoms with E-state index in [1.165, 1.54) is 12.3 Å². The number of likely N-dealkylation sites (tertiary alicyclic amines) is 1. The molecule has 10 heteroatoms. The monoisotopic (exact) mass is 482 g/mol. The van der Waals surface area contributed by atoms with Crippen molar-refractivity contribution >= 4 is 27.5 Å². The highest BCUT2D eigenvalue weighted by molar-refractivity contribution is 7.94. The molecule has 2 aromatic rings.